The Morgan fingerprint density at radius 3 is 1.96 bits per heavy atom. The minimum absolute atomic E-state index is 0.0470. The van der Waals surface area contributed by atoms with Crippen LogP contribution in [0.4, 0.5) is 8.78 Å². The van der Waals surface area contributed by atoms with Gasteiger partial charge in [0.05, 0.1) is 25.0 Å². The number of fused-ring (bicyclic) bond motifs is 2. The second-order valence-corrected chi connectivity index (χ2v) is 18.9. The molecule has 0 radical (unpaired) electrons. The molecule has 4 aliphatic rings. The lowest BCUT2D eigenvalue weighted by Gasteiger charge is -2.37. The highest BCUT2D eigenvalue weighted by molar-refractivity contribution is 6.30. The lowest BCUT2D eigenvalue weighted by Crippen LogP contribution is -2.49. The highest BCUT2D eigenvalue weighted by Gasteiger charge is 2.33. The zero-order valence-corrected chi connectivity index (χ0v) is 39.2. The number of phenols is 2. The van der Waals surface area contributed by atoms with Crippen molar-refractivity contribution in [3.05, 3.63) is 165 Å². The monoisotopic (exact) mass is 947 g/mol. The molecule has 0 aromatic heterocycles. The Balaban J connectivity index is 1.06. The van der Waals surface area contributed by atoms with Gasteiger partial charge < -0.3 is 29.2 Å². The first-order valence-corrected chi connectivity index (χ1v) is 23.7. The van der Waals surface area contributed by atoms with Crippen LogP contribution in [0.1, 0.15) is 65.0 Å². The van der Waals surface area contributed by atoms with Crippen LogP contribution in [0, 0.1) is 23.2 Å². The van der Waals surface area contributed by atoms with Crippen LogP contribution < -0.4 is 18.9 Å². The molecule has 69 heavy (non-hydrogen) atoms. The Morgan fingerprint density at radius 2 is 1.25 bits per heavy atom. The summed E-state index contributed by atoms with van der Waals surface area (Å²) in [6.07, 6.45) is -1.24. The summed E-state index contributed by atoms with van der Waals surface area (Å²) in [5.41, 5.74) is 10.3. The summed E-state index contributed by atoms with van der Waals surface area (Å²) in [6.45, 7) is 8.46. The van der Waals surface area contributed by atoms with Crippen LogP contribution >= 0.6 is 11.6 Å². The van der Waals surface area contributed by atoms with E-state index in [0.29, 0.717) is 77.6 Å². The summed E-state index contributed by atoms with van der Waals surface area (Å²) in [5.74, 6) is 2.79. The third-order valence-corrected chi connectivity index (χ3v) is 13.9. The predicted octanol–water partition coefficient (Wildman–Crippen LogP) is 12.0. The molecule has 2 saturated heterocycles. The van der Waals surface area contributed by atoms with Crippen molar-refractivity contribution >= 4 is 33.9 Å². The molecule has 10 rings (SSSR count). The lowest BCUT2D eigenvalue weighted by atomic mass is 9.83. The Bertz CT molecular complexity index is 3010. The number of alkyl halides is 2. The van der Waals surface area contributed by atoms with Gasteiger partial charge in [-0.15, -0.1) is 0 Å². The molecule has 0 bridgehead atoms. The van der Waals surface area contributed by atoms with E-state index < -0.39 is 12.2 Å². The number of benzene rings is 6. The quantitative estimate of drug-likeness (QED) is 0.104. The molecule has 6 aromatic carbocycles. The Morgan fingerprint density at radius 1 is 0.623 bits per heavy atom. The molecule has 9 nitrogen and oxygen atoms in total. The second kappa shape index (κ2) is 19.6. The van der Waals surface area contributed by atoms with E-state index in [4.69, 9.17) is 30.5 Å². The van der Waals surface area contributed by atoms with Gasteiger partial charge in [0.1, 0.15) is 59.9 Å². The number of aromatic hydroxyl groups is 2. The molecule has 0 aliphatic carbocycles. The molecule has 6 aromatic rings. The molecule has 0 amide bonds. The van der Waals surface area contributed by atoms with Crippen LogP contribution in [0.15, 0.2) is 121 Å². The number of halogens is 3. The van der Waals surface area contributed by atoms with Crippen molar-refractivity contribution < 1.29 is 37.9 Å². The number of allylic oxidation sites excluding steroid dienone is 2. The van der Waals surface area contributed by atoms with Gasteiger partial charge in [-0.3, -0.25) is 18.6 Å². The molecule has 0 saturated carbocycles. The van der Waals surface area contributed by atoms with Crippen LogP contribution in [0.25, 0.3) is 33.4 Å². The van der Waals surface area contributed by atoms with E-state index >= 15 is 0 Å². The van der Waals surface area contributed by atoms with E-state index in [1.165, 1.54) is 0 Å². The smallest absolute Gasteiger partial charge is 0.150 e. The SMILES string of the molecule is CC1=C(c2cccc(Cl)c2)C(c2ccc(OCCN3CC(CF)C3)c(-c3cc(C#N)cc(C4=C(C)c5cc(O)ccc5OC4c4ccc(OCCN5CC(CF)C5)cc4)c3)c2)Oc2cc(O)ccc21. The van der Waals surface area contributed by atoms with E-state index in [0.717, 1.165) is 75.3 Å². The Kier molecular flexibility index (Phi) is 13.1. The van der Waals surface area contributed by atoms with Crippen molar-refractivity contribution in [2.75, 3.05) is 65.8 Å². The first-order valence-electron chi connectivity index (χ1n) is 23.4. The van der Waals surface area contributed by atoms with Gasteiger partial charge in [0.25, 0.3) is 0 Å². The largest absolute Gasteiger partial charge is 0.508 e. The van der Waals surface area contributed by atoms with Crippen molar-refractivity contribution in [1.29, 1.82) is 5.26 Å². The first-order chi connectivity index (χ1) is 33.5. The molecule has 2 fully saturated rings. The normalized spacial score (nSPS) is 18.3. The number of rotatable bonds is 15. The fraction of sp³-hybridized carbons (Fsp3) is 0.281. The van der Waals surface area contributed by atoms with E-state index in [2.05, 4.69) is 15.9 Å². The maximum Gasteiger partial charge on any atom is 0.150 e. The molecule has 4 aliphatic heterocycles. The number of nitrogens with zero attached hydrogens (tertiary/aromatic N) is 3. The number of phenolic OH excluding ortho intramolecular Hbond substituents is 2. The maximum absolute atomic E-state index is 13.3. The molecule has 4 heterocycles. The van der Waals surface area contributed by atoms with Crippen molar-refractivity contribution in [3.8, 4) is 51.7 Å². The molecular formula is C57H52ClF2N3O6. The van der Waals surface area contributed by atoms with Gasteiger partial charge in [0.15, 0.2) is 0 Å². The molecule has 352 valence electrons. The van der Waals surface area contributed by atoms with Crippen LogP contribution in [-0.4, -0.2) is 85.8 Å². The zero-order valence-electron chi connectivity index (χ0n) is 38.4. The molecule has 2 N–H and O–H groups in total. The van der Waals surface area contributed by atoms with Gasteiger partial charge in [0, 0.05) is 90.0 Å². The third kappa shape index (κ3) is 9.49. The minimum atomic E-state index is -0.635. The zero-order chi connectivity index (χ0) is 47.8. The Labute approximate surface area is 406 Å². The maximum atomic E-state index is 13.3. The lowest BCUT2D eigenvalue weighted by molar-refractivity contribution is 0.0668. The average molecular weight is 949 g/mol. The Hall–Kier alpha value is -6.84. The molecule has 2 unspecified atom stereocenters. The fourth-order valence-electron chi connectivity index (χ4n) is 10.0. The van der Waals surface area contributed by atoms with Crippen molar-refractivity contribution in [1.82, 2.24) is 9.80 Å². The molecule has 12 heteroatoms. The third-order valence-electron chi connectivity index (χ3n) is 13.7. The van der Waals surface area contributed by atoms with Crippen molar-refractivity contribution in [2.24, 2.45) is 11.8 Å². The van der Waals surface area contributed by atoms with Crippen molar-refractivity contribution in [2.45, 2.75) is 26.1 Å². The predicted molar refractivity (Wildman–Crippen MR) is 265 cm³/mol. The number of likely N-dealkylation sites (tertiary alicyclic amines) is 2. The summed E-state index contributed by atoms with van der Waals surface area (Å²) < 4.78 is 52.7. The summed E-state index contributed by atoms with van der Waals surface area (Å²) in [7, 11) is 0. The van der Waals surface area contributed by atoms with Gasteiger partial charge in [-0.1, -0.05) is 41.9 Å². The summed E-state index contributed by atoms with van der Waals surface area (Å²) in [5, 5.41) is 32.5. The topological polar surface area (TPSA) is 108 Å². The first kappa shape index (κ1) is 45.9. The van der Waals surface area contributed by atoms with Crippen LogP contribution in [0.2, 0.25) is 5.02 Å². The number of hydrogen-bond donors (Lipinski definition) is 2. The molecule has 2 atom stereocenters. The standard InChI is InChI=1S/C57H52ClF2N3O6/c1-34-48-13-9-46(65)26-53(48)69-57(54(34)40-4-3-5-44(58)23-40)41-8-14-51(67-19-17-63-32-38(28-60)33-63)50(24-41)42-20-36(29-61)21-43(22-42)55-35(2)49-25-45(64)10-15-52(49)68-56(55)39-6-11-47(12-7-39)66-18-16-62-30-37(27-59)31-62/h3-15,20-26,37-38,56-57,64-65H,16-19,27-28,30-33H2,1-2H3. The fourth-order valence-corrected chi connectivity index (χ4v) is 10.2. The number of hydrogen-bond acceptors (Lipinski definition) is 9. The molecular weight excluding hydrogens is 896 g/mol. The summed E-state index contributed by atoms with van der Waals surface area (Å²) in [4.78, 5) is 4.35. The summed E-state index contributed by atoms with van der Waals surface area (Å²) >= 11 is 6.60. The van der Waals surface area contributed by atoms with E-state index in [-0.39, 0.29) is 36.7 Å². The van der Waals surface area contributed by atoms with E-state index in [1.807, 2.05) is 105 Å². The van der Waals surface area contributed by atoms with Crippen LogP contribution in [0.3, 0.4) is 0 Å². The highest BCUT2D eigenvalue weighted by atomic mass is 35.5. The van der Waals surface area contributed by atoms with Crippen molar-refractivity contribution in [3.63, 3.8) is 0 Å². The van der Waals surface area contributed by atoms with Gasteiger partial charge in [0.2, 0.25) is 0 Å². The summed E-state index contributed by atoms with van der Waals surface area (Å²) in [6, 6.07) is 39.8. The van der Waals surface area contributed by atoms with Crippen LogP contribution in [-0.2, 0) is 0 Å². The second-order valence-electron chi connectivity index (χ2n) is 18.4. The van der Waals surface area contributed by atoms with E-state index in [9.17, 15) is 24.3 Å². The molecule has 0 spiro atoms. The van der Waals surface area contributed by atoms with Gasteiger partial charge in [-0.25, -0.2) is 0 Å². The number of ether oxygens (including phenoxy) is 4. The highest BCUT2D eigenvalue weighted by Crippen LogP contribution is 2.51. The average Bonchev–Trinajstić information content (AvgIpc) is 3.33. The van der Waals surface area contributed by atoms with Gasteiger partial charge >= 0.3 is 0 Å². The van der Waals surface area contributed by atoms with Crippen LogP contribution in [0.5, 0.6) is 34.5 Å². The van der Waals surface area contributed by atoms with Gasteiger partial charge in [-0.2, -0.15) is 5.26 Å². The minimum Gasteiger partial charge on any atom is -0.508 e. The number of nitriles is 1. The van der Waals surface area contributed by atoms with E-state index in [1.54, 1.807) is 30.3 Å². The van der Waals surface area contributed by atoms with Gasteiger partial charge in [-0.05, 0) is 138 Å².